The average Bonchev–Trinajstić information content (AvgIpc) is 2.28. The van der Waals surface area contributed by atoms with E-state index in [0.717, 1.165) is 24.4 Å². The first kappa shape index (κ1) is 12.5. The molecule has 0 saturated carbocycles. The number of likely N-dealkylation sites (N-methyl/N-ethyl adjacent to an activating group) is 1. The normalized spacial score (nSPS) is 16.7. The van der Waals surface area contributed by atoms with Gasteiger partial charge in [0.15, 0.2) is 11.5 Å². The summed E-state index contributed by atoms with van der Waals surface area (Å²) in [7, 11) is 3.66. The molecule has 0 amide bonds. The molecule has 0 radical (unpaired) electrons. The van der Waals surface area contributed by atoms with Crippen molar-refractivity contribution in [3.05, 3.63) is 22.7 Å². The summed E-state index contributed by atoms with van der Waals surface area (Å²) in [5, 5.41) is 0.611. The number of nitrogens with two attached hydrogens (primary N) is 1. The average molecular weight is 257 g/mol. The van der Waals surface area contributed by atoms with Crippen LogP contribution in [0.2, 0.25) is 5.02 Å². The van der Waals surface area contributed by atoms with Crippen LogP contribution in [0.1, 0.15) is 5.56 Å². The number of halogens is 1. The number of rotatable bonds is 4. The van der Waals surface area contributed by atoms with Gasteiger partial charge in [0.2, 0.25) is 0 Å². The van der Waals surface area contributed by atoms with E-state index in [0.29, 0.717) is 17.3 Å². The SMILES string of the molecule is COc1cc(Cl)cc(CN)c1OC1CN(C)C1. The van der Waals surface area contributed by atoms with Crippen LogP contribution < -0.4 is 15.2 Å². The fraction of sp³-hybridized carbons (Fsp3) is 0.500. The highest BCUT2D eigenvalue weighted by atomic mass is 35.5. The van der Waals surface area contributed by atoms with Gasteiger partial charge in [-0.05, 0) is 13.1 Å². The summed E-state index contributed by atoms with van der Waals surface area (Å²) in [6.07, 6.45) is 0.209. The maximum absolute atomic E-state index is 5.99. The molecule has 4 nitrogen and oxygen atoms in total. The molecule has 0 aliphatic carbocycles. The second kappa shape index (κ2) is 5.12. The van der Waals surface area contributed by atoms with Crippen molar-refractivity contribution in [1.29, 1.82) is 0 Å². The fourth-order valence-electron chi connectivity index (χ4n) is 1.94. The summed E-state index contributed by atoms with van der Waals surface area (Å²) in [4.78, 5) is 2.19. The molecule has 1 aliphatic heterocycles. The monoisotopic (exact) mass is 256 g/mol. The summed E-state index contributed by atoms with van der Waals surface area (Å²) in [6, 6.07) is 3.57. The highest BCUT2D eigenvalue weighted by Gasteiger charge is 2.27. The van der Waals surface area contributed by atoms with E-state index in [-0.39, 0.29) is 6.10 Å². The highest BCUT2D eigenvalue weighted by Crippen LogP contribution is 2.35. The van der Waals surface area contributed by atoms with Gasteiger partial charge in [0, 0.05) is 36.3 Å². The molecular formula is C12H17ClN2O2. The number of benzene rings is 1. The smallest absolute Gasteiger partial charge is 0.166 e. The Morgan fingerprint density at radius 2 is 2.18 bits per heavy atom. The zero-order valence-electron chi connectivity index (χ0n) is 10.1. The first-order chi connectivity index (χ1) is 8.13. The third-order valence-corrected chi connectivity index (χ3v) is 3.07. The fourth-order valence-corrected chi connectivity index (χ4v) is 2.17. The van der Waals surface area contributed by atoms with Gasteiger partial charge < -0.3 is 15.2 Å². The Hall–Kier alpha value is -0.970. The van der Waals surface area contributed by atoms with Crippen LogP contribution in [0.3, 0.4) is 0 Å². The first-order valence-corrected chi connectivity index (χ1v) is 5.93. The van der Waals surface area contributed by atoms with Gasteiger partial charge in [-0.25, -0.2) is 0 Å². The summed E-state index contributed by atoms with van der Waals surface area (Å²) in [5.41, 5.74) is 6.58. The van der Waals surface area contributed by atoms with Crippen LogP contribution in [0.15, 0.2) is 12.1 Å². The molecule has 0 spiro atoms. The zero-order chi connectivity index (χ0) is 12.4. The van der Waals surface area contributed by atoms with Crippen LogP contribution in [0, 0.1) is 0 Å². The van der Waals surface area contributed by atoms with Crippen molar-refractivity contribution < 1.29 is 9.47 Å². The number of methoxy groups -OCH3 is 1. The van der Waals surface area contributed by atoms with E-state index in [1.165, 1.54) is 0 Å². The van der Waals surface area contributed by atoms with Gasteiger partial charge in [0.05, 0.1) is 7.11 Å². The highest BCUT2D eigenvalue weighted by molar-refractivity contribution is 6.30. The quantitative estimate of drug-likeness (QED) is 0.887. The lowest BCUT2D eigenvalue weighted by atomic mass is 10.1. The van der Waals surface area contributed by atoms with Crippen LogP contribution >= 0.6 is 11.6 Å². The van der Waals surface area contributed by atoms with E-state index in [1.807, 2.05) is 6.07 Å². The van der Waals surface area contributed by atoms with Gasteiger partial charge in [0.1, 0.15) is 6.10 Å². The molecular weight excluding hydrogens is 240 g/mol. The second-order valence-electron chi connectivity index (χ2n) is 4.26. The predicted octanol–water partition coefficient (Wildman–Crippen LogP) is 1.50. The third kappa shape index (κ3) is 2.65. The Bertz CT molecular complexity index is 380. The molecule has 5 heteroatoms. The molecule has 0 aromatic heterocycles. The van der Waals surface area contributed by atoms with Crippen molar-refractivity contribution >= 4 is 11.6 Å². The summed E-state index contributed by atoms with van der Waals surface area (Å²) in [6.45, 7) is 2.24. The minimum absolute atomic E-state index is 0.209. The molecule has 1 aromatic carbocycles. The molecule has 17 heavy (non-hydrogen) atoms. The minimum atomic E-state index is 0.209. The Balaban J connectivity index is 2.23. The molecule has 1 fully saturated rings. The molecule has 2 rings (SSSR count). The van der Waals surface area contributed by atoms with E-state index in [4.69, 9.17) is 26.8 Å². The Kier molecular flexibility index (Phi) is 3.76. The van der Waals surface area contributed by atoms with Gasteiger partial charge in [-0.15, -0.1) is 0 Å². The van der Waals surface area contributed by atoms with Gasteiger partial charge in [-0.1, -0.05) is 11.6 Å². The van der Waals surface area contributed by atoms with E-state index in [9.17, 15) is 0 Å². The van der Waals surface area contributed by atoms with E-state index in [1.54, 1.807) is 13.2 Å². The van der Waals surface area contributed by atoms with Crippen LogP contribution in [0.25, 0.3) is 0 Å². The summed E-state index contributed by atoms with van der Waals surface area (Å²) in [5.74, 6) is 1.37. The maximum atomic E-state index is 5.99. The second-order valence-corrected chi connectivity index (χ2v) is 4.70. The molecule has 1 saturated heterocycles. The molecule has 2 N–H and O–H groups in total. The minimum Gasteiger partial charge on any atom is -0.493 e. The third-order valence-electron chi connectivity index (χ3n) is 2.85. The van der Waals surface area contributed by atoms with Crippen molar-refractivity contribution in [1.82, 2.24) is 4.90 Å². The Morgan fingerprint density at radius 1 is 1.47 bits per heavy atom. The van der Waals surface area contributed by atoms with Gasteiger partial charge in [0.25, 0.3) is 0 Å². The van der Waals surface area contributed by atoms with Gasteiger partial charge in [-0.3, -0.25) is 4.90 Å². The number of likely N-dealkylation sites (tertiary alicyclic amines) is 1. The van der Waals surface area contributed by atoms with Crippen LogP contribution in [-0.4, -0.2) is 38.3 Å². The lowest BCUT2D eigenvalue weighted by molar-refractivity contribution is 0.0363. The Labute approximate surface area is 106 Å². The molecule has 1 aromatic rings. The molecule has 94 valence electrons. The largest absolute Gasteiger partial charge is 0.493 e. The van der Waals surface area contributed by atoms with Gasteiger partial charge >= 0.3 is 0 Å². The molecule has 1 heterocycles. The summed E-state index contributed by atoms with van der Waals surface area (Å²) >= 11 is 5.99. The van der Waals surface area contributed by atoms with Crippen molar-refractivity contribution in [2.75, 3.05) is 27.2 Å². The lowest BCUT2D eigenvalue weighted by Crippen LogP contribution is -2.51. The van der Waals surface area contributed by atoms with E-state index in [2.05, 4.69) is 11.9 Å². The van der Waals surface area contributed by atoms with Crippen molar-refractivity contribution in [3.63, 3.8) is 0 Å². The van der Waals surface area contributed by atoms with Crippen molar-refractivity contribution in [3.8, 4) is 11.5 Å². The topological polar surface area (TPSA) is 47.7 Å². The standard InChI is InChI=1S/C12H17ClN2O2/c1-15-6-10(7-15)17-12-8(5-14)3-9(13)4-11(12)16-2/h3-4,10H,5-7,14H2,1-2H3. The van der Waals surface area contributed by atoms with E-state index >= 15 is 0 Å². The lowest BCUT2D eigenvalue weighted by Gasteiger charge is -2.36. The van der Waals surface area contributed by atoms with Crippen LogP contribution in [0.5, 0.6) is 11.5 Å². The Morgan fingerprint density at radius 3 is 2.71 bits per heavy atom. The maximum Gasteiger partial charge on any atom is 0.166 e. The van der Waals surface area contributed by atoms with Gasteiger partial charge in [-0.2, -0.15) is 0 Å². The van der Waals surface area contributed by atoms with Crippen molar-refractivity contribution in [2.45, 2.75) is 12.6 Å². The molecule has 0 atom stereocenters. The molecule has 1 aliphatic rings. The number of ether oxygens (including phenoxy) is 2. The van der Waals surface area contributed by atoms with E-state index < -0.39 is 0 Å². The van der Waals surface area contributed by atoms with Crippen molar-refractivity contribution in [2.24, 2.45) is 5.73 Å². The predicted molar refractivity (Wildman–Crippen MR) is 67.8 cm³/mol. The number of nitrogens with zero attached hydrogens (tertiary/aromatic N) is 1. The molecule has 0 unspecified atom stereocenters. The number of hydrogen-bond acceptors (Lipinski definition) is 4. The summed E-state index contributed by atoms with van der Waals surface area (Å²) < 4.78 is 11.2. The van der Waals surface area contributed by atoms with Crippen LogP contribution in [-0.2, 0) is 6.54 Å². The van der Waals surface area contributed by atoms with Crippen LogP contribution in [0.4, 0.5) is 0 Å². The first-order valence-electron chi connectivity index (χ1n) is 5.55. The zero-order valence-corrected chi connectivity index (χ0v) is 10.8. The number of hydrogen-bond donors (Lipinski definition) is 1. The molecule has 0 bridgehead atoms.